The van der Waals surface area contributed by atoms with Gasteiger partial charge in [-0.15, -0.1) is 11.3 Å². The normalized spacial score (nSPS) is 15.0. The summed E-state index contributed by atoms with van der Waals surface area (Å²) in [5.74, 6) is -0.108. The van der Waals surface area contributed by atoms with Gasteiger partial charge in [-0.3, -0.25) is 19.3 Å². The lowest BCUT2D eigenvalue weighted by Crippen LogP contribution is -2.47. The van der Waals surface area contributed by atoms with Crippen LogP contribution < -0.4 is 20.3 Å². The molecule has 3 aromatic rings. The molecule has 0 saturated heterocycles. The van der Waals surface area contributed by atoms with E-state index in [0.717, 1.165) is 16.8 Å². The smallest absolute Gasteiger partial charge is 0.268 e. The van der Waals surface area contributed by atoms with Gasteiger partial charge in [0, 0.05) is 24.4 Å². The minimum atomic E-state index is -0.655. The van der Waals surface area contributed by atoms with Crippen molar-refractivity contribution in [2.75, 3.05) is 16.8 Å². The third-order valence-electron chi connectivity index (χ3n) is 4.92. The number of para-hydroxylation sites is 2. The van der Waals surface area contributed by atoms with E-state index in [0.29, 0.717) is 23.1 Å². The summed E-state index contributed by atoms with van der Waals surface area (Å²) in [6.07, 6.45) is -0.655. The van der Waals surface area contributed by atoms with E-state index < -0.39 is 6.10 Å². The third kappa shape index (κ3) is 4.78. The second kappa shape index (κ2) is 9.19. The Hall–Kier alpha value is -3.72. The predicted molar refractivity (Wildman–Crippen MR) is 123 cm³/mol. The Balaban J connectivity index is 1.41. The van der Waals surface area contributed by atoms with Crippen LogP contribution in [-0.4, -0.2) is 35.4 Å². The van der Waals surface area contributed by atoms with Gasteiger partial charge in [-0.1, -0.05) is 36.4 Å². The molecule has 0 saturated carbocycles. The maximum atomic E-state index is 12.6. The van der Waals surface area contributed by atoms with Gasteiger partial charge in [0.2, 0.25) is 11.8 Å². The standard InChI is InChI=1S/C23H22N4O4S/c1-14-22(30)27(19-5-3-4-6-20(19)31-14)12-21(29)26-23-25-18(13-32-23)17-9-7-16(8-10-17)11-24-15(2)28/h3-10,13-14H,11-12H2,1-2H3,(H,24,28)(H,25,26,29)/t14-/m1/s1. The van der Waals surface area contributed by atoms with Crippen LogP contribution in [0.2, 0.25) is 0 Å². The van der Waals surface area contributed by atoms with Crippen molar-refractivity contribution in [2.45, 2.75) is 26.5 Å². The van der Waals surface area contributed by atoms with E-state index in [1.54, 1.807) is 25.1 Å². The molecule has 0 fully saturated rings. The number of hydrogen-bond acceptors (Lipinski definition) is 6. The minimum Gasteiger partial charge on any atom is -0.479 e. The Morgan fingerprint density at radius 2 is 1.91 bits per heavy atom. The molecule has 0 radical (unpaired) electrons. The summed E-state index contributed by atoms with van der Waals surface area (Å²) in [5.41, 5.74) is 3.19. The summed E-state index contributed by atoms with van der Waals surface area (Å²) in [6, 6.07) is 14.8. The Morgan fingerprint density at radius 1 is 1.16 bits per heavy atom. The van der Waals surface area contributed by atoms with E-state index in [1.165, 1.54) is 23.2 Å². The first-order chi connectivity index (χ1) is 15.4. The topological polar surface area (TPSA) is 101 Å². The second-order valence-electron chi connectivity index (χ2n) is 7.34. The summed E-state index contributed by atoms with van der Waals surface area (Å²) >= 11 is 1.31. The lowest BCUT2D eigenvalue weighted by atomic mass is 10.1. The minimum absolute atomic E-state index is 0.0781. The van der Waals surface area contributed by atoms with Crippen LogP contribution in [0.15, 0.2) is 53.9 Å². The van der Waals surface area contributed by atoms with Crippen molar-refractivity contribution in [3.8, 4) is 17.0 Å². The number of ether oxygens (including phenoxy) is 1. The number of thiazole rings is 1. The average molecular weight is 451 g/mol. The molecule has 2 aromatic carbocycles. The summed E-state index contributed by atoms with van der Waals surface area (Å²) in [6.45, 7) is 3.48. The van der Waals surface area contributed by atoms with Crippen LogP contribution in [0.4, 0.5) is 10.8 Å². The fourth-order valence-corrected chi connectivity index (χ4v) is 4.04. The Bertz CT molecular complexity index is 1160. The number of benzene rings is 2. The maximum Gasteiger partial charge on any atom is 0.268 e. The molecule has 1 aromatic heterocycles. The van der Waals surface area contributed by atoms with Gasteiger partial charge in [0.15, 0.2) is 11.2 Å². The van der Waals surface area contributed by atoms with Gasteiger partial charge in [-0.25, -0.2) is 4.98 Å². The quantitative estimate of drug-likeness (QED) is 0.601. The van der Waals surface area contributed by atoms with Gasteiger partial charge in [-0.05, 0) is 24.6 Å². The van der Waals surface area contributed by atoms with Crippen LogP contribution in [-0.2, 0) is 20.9 Å². The second-order valence-corrected chi connectivity index (χ2v) is 8.20. The van der Waals surface area contributed by atoms with Gasteiger partial charge < -0.3 is 15.4 Å². The molecular weight excluding hydrogens is 428 g/mol. The summed E-state index contributed by atoms with van der Waals surface area (Å²) in [5, 5.41) is 7.84. The first-order valence-electron chi connectivity index (χ1n) is 10.1. The highest BCUT2D eigenvalue weighted by Gasteiger charge is 2.32. The number of carbonyl (C=O) groups is 3. The van der Waals surface area contributed by atoms with E-state index in [1.807, 2.05) is 35.7 Å². The Labute approximate surface area is 189 Å². The molecule has 1 atom stereocenters. The van der Waals surface area contributed by atoms with Crippen molar-refractivity contribution >= 4 is 39.9 Å². The molecule has 1 aliphatic rings. The van der Waals surface area contributed by atoms with Crippen LogP contribution >= 0.6 is 11.3 Å². The zero-order chi connectivity index (χ0) is 22.7. The molecule has 0 spiro atoms. The first-order valence-corrected chi connectivity index (χ1v) is 10.9. The number of anilines is 2. The number of amides is 3. The maximum absolute atomic E-state index is 12.6. The SMILES string of the molecule is CC(=O)NCc1ccc(-c2csc(NC(=O)CN3C(=O)[C@@H](C)Oc4ccccc43)n2)cc1. The van der Waals surface area contributed by atoms with Crippen LogP contribution in [0, 0.1) is 0 Å². The molecule has 32 heavy (non-hydrogen) atoms. The molecule has 0 unspecified atom stereocenters. The highest BCUT2D eigenvalue weighted by Crippen LogP contribution is 2.33. The number of aromatic nitrogens is 1. The number of nitrogens with zero attached hydrogens (tertiary/aromatic N) is 2. The fraction of sp³-hybridized carbons (Fsp3) is 0.217. The van der Waals surface area contributed by atoms with Crippen LogP contribution in [0.1, 0.15) is 19.4 Å². The molecule has 1 aliphatic heterocycles. The van der Waals surface area contributed by atoms with Crippen LogP contribution in [0.5, 0.6) is 5.75 Å². The van der Waals surface area contributed by atoms with Gasteiger partial charge in [0.25, 0.3) is 5.91 Å². The zero-order valence-corrected chi connectivity index (χ0v) is 18.4. The number of nitrogens with one attached hydrogen (secondary N) is 2. The van der Waals surface area contributed by atoms with Crippen molar-refractivity contribution in [3.05, 3.63) is 59.5 Å². The Kier molecular flexibility index (Phi) is 6.18. The summed E-state index contributed by atoms with van der Waals surface area (Å²) in [4.78, 5) is 42.2. The van der Waals surface area contributed by atoms with Crippen molar-refractivity contribution in [1.29, 1.82) is 0 Å². The predicted octanol–water partition coefficient (Wildman–Crippen LogP) is 3.20. The largest absolute Gasteiger partial charge is 0.479 e. The molecule has 164 valence electrons. The highest BCUT2D eigenvalue weighted by atomic mass is 32.1. The molecule has 3 amide bonds. The van der Waals surface area contributed by atoms with Gasteiger partial charge >= 0.3 is 0 Å². The van der Waals surface area contributed by atoms with E-state index >= 15 is 0 Å². The van der Waals surface area contributed by atoms with E-state index in [9.17, 15) is 14.4 Å². The van der Waals surface area contributed by atoms with Crippen molar-refractivity contribution in [3.63, 3.8) is 0 Å². The Morgan fingerprint density at radius 3 is 2.66 bits per heavy atom. The summed E-state index contributed by atoms with van der Waals surface area (Å²) < 4.78 is 5.61. The molecule has 0 aliphatic carbocycles. The van der Waals surface area contributed by atoms with Gasteiger partial charge in [0.1, 0.15) is 12.3 Å². The molecule has 2 N–H and O–H groups in total. The number of fused-ring (bicyclic) bond motifs is 1. The van der Waals surface area contributed by atoms with E-state index in [4.69, 9.17) is 4.74 Å². The monoisotopic (exact) mass is 450 g/mol. The fourth-order valence-electron chi connectivity index (χ4n) is 3.31. The molecule has 8 nitrogen and oxygen atoms in total. The van der Waals surface area contributed by atoms with Crippen LogP contribution in [0.25, 0.3) is 11.3 Å². The molecule has 4 rings (SSSR count). The van der Waals surface area contributed by atoms with Crippen molar-refractivity contribution in [1.82, 2.24) is 10.3 Å². The third-order valence-corrected chi connectivity index (χ3v) is 5.67. The van der Waals surface area contributed by atoms with Crippen LogP contribution in [0.3, 0.4) is 0 Å². The highest BCUT2D eigenvalue weighted by molar-refractivity contribution is 7.14. The summed E-state index contributed by atoms with van der Waals surface area (Å²) in [7, 11) is 0. The molecule has 9 heteroatoms. The molecular formula is C23H22N4O4S. The van der Waals surface area contributed by atoms with E-state index in [2.05, 4.69) is 15.6 Å². The average Bonchev–Trinajstić information content (AvgIpc) is 3.24. The van der Waals surface area contributed by atoms with Gasteiger partial charge in [-0.2, -0.15) is 0 Å². The first kappa shape index (κ1) is 21.5. The van der Waals surface area contributed by atoms with Gasteiger partial charge in [0.05, 0.1) is 11.4 Å². The molecule has 0 bridgehead atoms. The zero-order valence-electron chi connectivity index (χ0n) is 17.6. The van der Waals surface area contributed by atoms with Crippen molar-refractivity contribution < 1.29 is 19.1 Å². The van der Waals surface area contributed by atoms with E-state index in [-0.39, 0.29) is 24.3 Å². The lowest BCUT2D eigenvalue weighted by Gasteiger charge is -2.32. The number of carbonyl (C=O) groups excluding carboxylic acids is 3. The lowest BCUT2D eigenvalue weighted by molar-refractivity contribution is -0.127. The molecule has 2 heterocycles. The number of hydrogen-bond donors (Lipinski definition) is 2. The number of rotatable bonds is 6. The van der Waals surface area contributed by atoms with Crippen molar-refractivity contribution in [2.24, 2.45) is 0 Å².